The molecule has 0 aromatic rings. The van der Waals surface area contributed by atoms with E-state index in [0.717, 1.165) is 19.6 Å². The molecule has 0 atom stereocenters. The highest BCUT2D eigenvalue weighted by Gasteiger charge is 2.24. The average Bonchev–Trinajstić information content (AvgIpc) is 2.64. The monoisotopic (exact) mass is 242 g/mol. The molecular weight excluding hydrogens is 216 g/mol. The van der Waals surface area contributed by atoms with Crippen molar-refractivity contribution >= 4 is 8.32 Å². The number of hydrogen-bond acceptors (Lipinski definition) is 2. The lowest BCUT2D eigenvalue weighted by Gasteiger charge is -2.29. The van der Waals surface area contributed by atoms with E-state index in [1.165, 1.54) is 18.6 Å². The number of rotatable bonds is 6. The summed E-state index contributed by atoms with van der Waals surface area (Å²) in [4.78, 5) is 0. The maximum atomic E-state index is 5.95. The van der Waals surface area contributed by atoms with Gasteiger partial charge in [0.05, 0.1) is 12.4 Å². The molecule has 0 amide bonds. The summed E-state index contributed by atoms with van der Waals surface area (Å²) in [5.74, 6) is 1.18. The van der Waals surface area contributed by atoms with Crippen LogP contribution in [0.25, 0.3) is 0 Å². The zero-order valence-corrected chi connectivity index (χ0v) is 12.4. The SMILES string of the molecule is CC(C)(COC1=CCCC1)CO[Si](C)(C)C. The molecule has 0 spiro atoms. The van der Waals surface area contributed by atoms with Crippen molar-refractivity contribution in [2.75, 3.05) is 13.2 Å². The third-order valence-electron chi connectivity index (χ3n) is 2.54. The molecule has 0 bridgehead atoms. The molecule has 0 heterocycles. The standard InChI is InChI=1S/C13H26O2Si/c1-13(2,11-15-16(3,4)5)10-14-12-8-6-7-9-12/h8H,6-7,9-11H2,1-5H3. The zero-order chi connectivity index (χ0) is 12.2. The van der Waals surface area contributed by atoms with Gasteiger partial charge < -0.3 is 9.16 Å². The Kier molecular flexibility index (Phi) is 4.62. The van der Waals surface area contributed by atoms with Gasteiger partial charge in [-0.15, -0.1) is 0 Å². The molecule has 1 aliphatic carbocycles. The van der Waals surface area contributed by atoms with Gasteiger partial charge in [-0.25, -0.2) is 0 Å². The van der Waals surface area contributed by atoms with Crippen molar-refractivity contribution in [3.63, 3.8) is 0 Å². The van der Waals surface area contributed by atoms with Crippen LogP contribution in [0.1, 0.15) is 33.1 Å². The molecule has 16 heavy (non-hydrogen) atoms. The van der Waals surface area contributed by atoms with Crippen LogP contribution in [-0.2, 0) is 9.16 Å². The quantitative estimate of drug-likeness (QED) is 0.657. The molecule has 2 nitrogen and oxygen atoms in total. The summed E-state index contributed by atoms with van der Waals surface area (Å²) in [6.45, 7) is 12.7. The fourth-order valence-corrected chi connectivity index (χ4v) is 2.34. The predicted molar refractivity (Wildman–Crippen MR) is 71.0 cm³/mol. The van der Waals surface area contributed by atoms with Crippen LogP contribution in [0.4, 0.5) is 0 Å². The van der Waals surface area contributed by atoms with Crippen LogP contribution in [0, 0.1) is 5.41 Å². The van der Waals surface area contributed by atoms with Crippen LogP contribution >= 0.6 is 0 Å². The Morgan fingerprint density at radius 3 is 2.44 bits per heavy atom. The molecule has 1 aliphatic rings. The Balaban J connectivity index is 2.27. The van der Waals surface area contributed by atoms with Gasteiger partial charge >= 0.3 is 0 Å². The smallest absolute Gasteiger partial charge is 0.183 e. The van der Waals surface area contributed by atoms with Gasteiger partial charge in [0.25, 0.3) is 0 Å². The topological polar surface area (TPSA) is 18.5 Å². The Morgan fingerprint density at radius 1 is 1.25 bits per heavy atom. The molecule has 0 radical (unpaired) electrons. The minimum Gasteiger partial charge on any atom is -0.498 e. The summed E-state index contributed by atoms with van der Waals surface area (Å²) in [7, 11) is -1.40. The van der Waals surface area contributed by atoms with Gasteiger partial charge in [-0.1, -0.05) is 13.8 Å². The maximum Gasteiger partial charge on any atom is 0.183 e. The second-order valence-corrected chi connectivity index (χ2v) is 10.9. The Morgan fingerprint density at radius 2 is 1.94 bits per heavy atom. The molecule has 0 saturated heterocycles. The molecule has 0 aromatic carbocycles. The second kappa shape index (κ2) is 5.37. The maximum absolute atomic E-state index is 5.95. The van der Waals surface area contributed by atoms with Gasteiger partial charge in [-0.2, -0.15) is 0 Å². The molecule has 94 valence electrons. The molecule has 0 N–H and O–H groups in total. The van der Waals surface area contributed by atoms with Crippen molar-refractivity contribution in [2.24, 2.45) is 5.41 Å². The van der Waals surface area contributed by atoms with Gasteiger partial charge in [0, 0.05) is 18.4 Å². The Labute approximate surface area is 101 Å². The first kappa shape index (κ1) is 13.8. The molecule has 0 saturated carbocycles. The number of hydrogen-bond donors (Lipinski definition) is 0. The van der Waals surface area contributed by atoms with Crippen molar-refractivity contribution in [1.82, 2.24) is 0 Å². The minimum atomic E-state index is -1.40. The minimum absolute atomic E-state index is 0.115. The van der Waals surface area contributed by atoms with Crippen LogP contribution in [-0.4, -0.2) is 21.5 Å². The summed E-state index contributed by atoms with van der Waals surface area (Å²) >= 11 is 0. The van der Waals surface area contributed by atoms with Gasteiger partial charge in [-0.3, -0.25) is 0 Å². The van der Waals surface area contributed by atoms with Gasteiger partial charge in [0.2, 0.25) is 0 Å². The first-order valence-electron chi connectivity index (χ1n) is 6.24. The number of ether oxygens (including phenoxy) is 1. The van der Waals surface area contributed by atoms with Crippen molar-refractivity contribution in [2.45, 2.75) is 52.8 Å². The van der Waals surface area contributed by atoms with E-state index in [2.05, 4.69) is 39.6 Å². The summed E-state index contributed by atoms with van der Waals surface area (Å²) < 4.78 is 11.8. The molecule has 1 rings (SSSR count). The molecular formula is C13H26O2Si. The highest BCUT2D eigenvalue weighted by atomic mass is 28.4. The second-order valence-electron chi connectivity index (χ2n) is 6.42. The molecule has 3 heteroatoms. The van der Waals surface area contributed by atoms with E-state index < -0.39 is 8.32 Å². The summed E-state index contributed by atoms with van der Waals surface area (Å²) in [5, 5.41) is 0. The van der Waals surface area contributed by atoms with Crippen LogP contribution in [0.2, 0.25) is 19.6 Å². The van der Waals surface area contributed by atoms with Crippen LogP contribution in [0.3, 0.4) is 0 Å². The zero-order valence-electron chi connectivity index (χ0n) is 11.4. The van der Waals surface area contributed by atoms with E-state index in [1.54, 1.807) is 0 Å². The first-order valence-corrected chi connectivity index (χ1v) is 9.65. The molecule has 0 aromatic heterocycles. The lowest BCUT2D eigenvalue weighted by Crippen LogP contribution is -2.34. The summed E-state index contributed by atoms with van der Waals surface area (Å²) in [5.41, 5.74) is 0.115. The van der Waals surface area contributed by atoms with E-state index in [-0.39, 0.29) is 5.41 Å². The lowest BCUT2D eigenvalue weighted by atomic mass is 9.96. The lowest BCUT2D eigenvalue weighted by molar-refractivity contribution is 0.0672. The highest BCUT2D eigenvalue weighted by Crippen LogP contribution is 2.24. The van der Waals surface area contributed by atoms with E-state index in [4.69, 9.17) is 9.16 Å². The molecule has 0 fully saturated rings. The Hall–Kier alpha value is -0.283. The normalized spacial score (nSPS) is 17.4. The molecule has 0 unspecified atom stereocenters. The van der Waals surface area contributed by atoms with Crippen molar-refractivity contribution in [3.05, 3.63) is 11.8 Å². The van der Waals surface area contributed by atoms with Crippen LogP contribution in [0.15, 0.2) is 11.8 Å². The van der Waals surface area contributed by atoms with E-state index in [9.17, 15) is 0 Å². The third kappa shape index (κ3) is 5.71. The van der Waals surface area contributed by atoms with Gasteiger partial charge in [-0.05, 0) is 38.6 Å². The fraction of sp³-hybridized carbons (Fsp3) is 0.846. The van der Waals surface area contributed by atoms with E-state index in [1.807, 2.05) is 0 Å². The van der Waals surface area contributed by atoms with Gasteiger partial charge in [0.1, 0.15) is 0 Å². The number of allylic oxidation sites excluding steroid dienone is 2. The van der Waals surface area contributed by atoms with Gasteiger partial charge in [0.15, 0.2) is 8.32 Å². The Bertz CT molecular complexity index is 251. The van der Waals surface area contributed by atoms with Crippen molar-refractivity contribution in [3.8, 4) is 0 Å². The van der Waals surface area contributed by atoms with Crippen molar-refractivity contribution in [1.29, 1.82) is 0 Å². The average molecular weight is 242 g/mol. The van der Waals surface area contributed by atoms with E-state index in [0.29, 0.717) is 0 Å². The van der Waals surface area contributed by atoms with Crippen molar-refractivity contribution < 1.29 is 9.16 Å². The predicted octanol–water partition coefficient (Wildman–Crippen LogP) is 3.95. The molecule has 0 aliphatic heterocycles. The fourth-order valence-electron chi connectivity index (χ4n) is 1.51. The highest BCUT2D eigenvalue weighted by molar-refractivity contribution is 6.69. The van der Waals surface area contributed by atoms with Crippen LogP contribution < -0.4 is 0 Å². The van der Waals surface area contributed by atoms with Crippen LogP contribution in [0.5, 0.6) is 0 Å². The third-order valence-corrected chi connectivity index (χ3v) is 3.55. The van der Waals surface area contributed by atoms with E-state index >= 15 is 0 Å². The largest absolute Gasteiger partial charge is 0.498 e. The summed E-state index contributed by atoms with van der Waals surface area (Å²) in [6.07, 6.45) is 5.77. The summed E-state index contributed by atoms with van der Waals surface area (Å²) in [6, 6.07) is 0. The first-order chi connectivity index (χ1) is 7.29.